The van der Waals surface area contributed by atoms with E-state index in [-0.39, 0.29) is 30.6 Å². The number of ether oxygens (including phenoxy) is 1. The topological polar surface area (TPSA) is 103 Å². The second-order valence-electron chi connectivity index (χ2n) is 8.41. The van der Waals surface area contributed by atoms with Gasteiger partial charge in [0.1, 0.15) is 10.6 Å². The highest BCUT2D eigenvalue weighted by molar-refractivity contribution is 7.89. The summed E-state index contributed by atoms with van der Waals surface area (Å²) < 4.78 is 36.5. The molecule has 3 heterocycles. The molecule has 1 aromatic carbocycles. The van der Waals surface area contributed by atoms with Gasteiger partial charge in [-0.3, -0.25) is 9.48 Å². The number of nitrogens with zero attached hydrogens (tertiary/aromatic N) is 6. The van der Waals surface area contributed by atoms with Gasteiger partial charge in [0.25, 0.3) is 5.91 Å². The number of aryl methyl sites for hydroxylation is 4. The SMILES string of the molecule is CCn1cc(S(=O)(=O)N2CCN(C(=O)c3ccn(COc4ccc(C)cc4C)n3)CC2)c(C)n1. The fourth-order valence-electron chi connectivity index (χ4n) is 3.99. The molecule has 1 amide bonds. The minimum atomic E-state index is -3.66. The molecule has 2 aromatic heterocycles. The van der Waals surface area contributed by atoms with Crippen LogP contribution < -0.4 is 4.74 Å². The Hall–Kier alpha value is -3.18. The van der Waals surface area contributed by atoms with E-state index in [1.807, 2.05) is 39.0 Å². The van der Waals surface area contributed by atoms with Gasteiger partial charge in [0.05, 0.1) is 5.69 Å². The molecule has 182 valence electrons. The second kappa shape index (κ2) is 9.59. The van der Waals surface area contributed by atoms with Gasteiger partial charge in [0.2, 0.25) is 10.0 Å². The Morgan fingerprint density at radius 3 is 2.41 bits per heavy atom. The number of piperazine rings is 1. The molecular weight excluding hydrogens is 456 g/mol. The van der Waals surface area contributed by atoms with Crippen LogP contribution in [0.3, 0.4) is 0 Å². The Balaban J connectivity index is 1.35. The fourth-order valence-corrected chi connectivity index (χ4v) is 5.58. The Morgan fingerprint density at radius 1 is 1.03 bits per heavy atom. The van der Waals surface area contributed by atoms with Gasteiger partial charge in [0.15, 0.2) is 12.4 Å². The second-order valence-corrected chi connectivity index (χ2v) is 10.3. The summed E-state index contributed by atoms with van der Waals surface area (Å²) in [5, 5.41) is 8.59. The normalized spacial score (nSPS) is 15.0. The van der Waals surface area contributed by atoms with E-state index in [2.05, 4.69) is 10.2 Å². The molecular formula is C23H30N6O4S. The molecule has 1 aliphatic heterocycles. The van der Waals surface area contributed by atoms with Crippen LogP contribution in [0, 0.1) is 20.8 Å². The van der Waals surface area contributed by atoms with Crippen molar-refractivity contribution >= 4 is 15.9 Å². The maximum absolute atomic E-state index is 13.1. The van der Waals surface area contributed by atoms with Gasteiger partial charge in [-0.1, -0.05) is 17.7 Å². The van der Waals surface area contributed by atoms with Crippen molar-refractivity contribution in [2.45, 2.75) is 45.9 Å². The van der Waals surface area contributed by atoms with Crippen molar-refractivity contribution in [1.29, 1.82) is 0 Å². The first-order valence-corrected chi connectivity index (χ1v) is 12.7. The molecule has 34 heavy (non-hydrogen) atoms. The lowest BCUT2D eigenvalue weighted by molar-refractivity contribution is 0.0690. The third-order valence-corrected chi connectivity index (χ3v) is 7.91. The molecule has 10 nitrogen and oxygen atoms in total. The van der Waals surface area contributed by atoms with E-state index in [1.165, 1.54) is 4.31 Å². The number of benzene rings is 1. The average molecular weight is 487 g/mol. The van der Waals surface area contributed by atoms with Crippen LogP contribution in [-0.2, 0) is 23.3 Å². The summed E-state index contributed by atoms with van der Waals surface area (Å²) in [6.07, 6.45) is 3.26. The molecule has 4 rings (SSSR count). The maximum atomic E-state index is 13.1. The standard InChI is InChI=1S/C23H30N6O4S/c1-5-27-15-22(19(4)24-27)34(31,32)29-12-10-26(11-13-29)23(30)20-8-9-28(25-20)16-33-21-7-6-17(2)14-18(21)3/h6-9,14-15H,5,10-13,16H2,1-4H3. The number of hydrogen-bond donors (Lipinski definition) is 0. The average Bonchev–Trinajstić information content (AvgIpc) is 3.45. The zero-order valence-electron chi connectivity index (χ0n) is 19.9. The van der Waals surface area contributed by atoms with Crippen LogP contribution in [-0.4, -0.2) is 69.3 Å². The number of carbonyl (C=O) groups is 1. The summed E-state index contributed by atoms with van der Waals surface area (Å²) in [5.74, 6) is 0.545. The van der Waals surface area contributed by atoms with E-state index in [4.69, 9.17) is 4.74 Å². The van der Waals surface area contributed by atoms with Crippen molar-refractivity contribution in [2.24, 2.45) is 0 Å². The maximum Gasteiger partial charge on any atom is 0.274 e. The van der Waals surface area contributed by atoms with Gasteiger partial charge < -0.3 is 9.64 Å². The lowest BCUT2D eigenvalue weighted by atomic mass is 10.1. The van der Waals surface area contributed by atoms with Crippen LogP contribution in [0.1, 0.15) is 34.2 Å². The van der Waals surface area contributed by atoms with E-state index in [9.17, 15) is 13.2 Å². The summed E-state index contributed by atoms with van der Waals surface area (Å²) in [6, 6.07) is 7.60. The molecule has 0 aliphatic carbocycles. The zero-order chi connectivity index (χ0) is 24.5. The monoisotopic (exact) mass is 486 g/mol. The fraction of sp³-hybridized carbons (Fsp3) is 0.435. The molecule has 0 bridgehead atoms. The number of sulfonamides is 1. The van der Waals surface area contributed by atoms with Crippen molar-refractivity contribution in [2.75, 3.05) is 26.2 Å². The van der Waals surface area contributed by atoms with Crippen LogP contribution in [0.2, 0.25) is 0 Å². The number of aromatic nitrogens is 4. The predicted octanol–water partition coefficient (Wildman–Crippen LogP) is 2.21. The smallest absolute Gasteiger partial charge is 0.274 e. The van der Waals surface area contributed by atoms with Crippen LogP contribution in [0.5, 0.6) is 5.75 Å². The summed E-state index contributed by atoms with van der Waals surface area (Å²) in [7, 11) is -3.66. The van der Waals surface area contributed by atoms with Crippen molar-refractivity contribution in [1.82, 2.24) is 28.8 Å². The highest BCUT2D eigenvalue weighted by Gasteiger charge is 2.33. The van der Waals surface area contributed by atoms with Crippen molar-refractivity contribution in [3.8, 4) is 5.75 Å². The Bertz CT molecular complexity index is 1290. The van der Waals surface area contributed by atoms with Gasteiger partial charge >= 0.3 is 0 Å². The molecule has 0 spiro atoms. The van der Waals surface area contributed by atoms with Crippen LogP contribution >= 0.6 is 0 Å². The quantitative estimate of drug-likeness (QED) is 0.507. The molecule has 3 aromatic rings. The Labute approximate surface area is 199 Å². The molecule has 0 saturated carbocycles. The molecule has 0 radical (unpaired) electrons. The van der Waals surface area contributed by atoms with Gasteiger partial charge in [-0.25, -0.2) is 13.1 Å². The zero-order valence-corrected chi connectivity index (χ0v) is 20.7. The molecule has 0 unspecified atom stereocenters. The van der Waals surface area contributed by atoms with Crippen molar-refractivity contribution < 1.29 is 17.9 Å². The van der Waals surface area contributed by atoms with Crippen LogP contribution in [0.15, 0.2) is 41.6 Å². The number of hydrogen-bond acceptors (Lipinski definition) is 6. The first-order valence-electron chi connectivity index (χ1n) is 11.3. The van der Waals surface area contributed by atoms with E-state index in [1.54, 1.807) is 39.6 Å². The minimum absolute atomic E-state index is 0.188. The lowest BCUT2D eigenvalue weighted by Crippen LogP contribution is -2.50. The first kappa shape index (κ1) is 24.0. The molecule has 1 aliphatic rings. The third-order valence-electron chi connectivity index (χ3n) is 5.91. The highest BCUT2D eigenvalue weighted by atomic mass is 32.2. The summed E-state index contributed by atoms with van der Waals surface area (Å²) in [6.45, 7) is 9.44. The van der Waals surface area contributed by atoms with Gasteiger partial charge in [-0.2, -0.15) is 14.5 Å². The molecule has 0 atom stereocenters. The van der Waals surface area contributed by atoms with Gasteiger partial charge in [-0.05, 0) is 45.4 Å². The van der Waals surface area contributed by atoms with E-state index < -0.39 is 10.0 Å². The molecule has 1 fully saturated rings. The summed E-state index contributed by atoms with van der Waals surface area (Å²) >= 11 is 0. The first-order chi connectivity index (χ1) is 16.2. The Morgan fingerprint density at radius 2 is 1.76 bits per heavy atom. The van der Waals surface area contributed by atoms with Crippen LogP contribution in [0.25, 0.3) is 0 Å². The molecule has 1 saturated heterocycles. The lowest BCUT2D eigenvalue weighted by Gasteiger charge is -2.33. The minimum Gasteiger partial charge on any atom is -0.471 e. The van der Waals surface area contributed by atoms with E-state index in [0.717, 1.165) is 16.9 Å². The largest absolute Gasteiger partial charge is 0.471 e. The molecule has 0 N–H and O–H groups in total. The number of carbonyl (C=O) groups excluding carboxylic acids is 1. The number of rotatable bonds is 7. The van der Waals surface area contributed by atoms with Crippen molar-refractivity contribution in [3.63, 3.8) is 0 Å². The highest BCUT2D eigenvalue weighted by Crippen LogP contribution is 2.21. The number of amides is 1. The summed E-state index contributed by atoms with van der Waals surface area (Å²) in [5.41, 5.74) is 2.99. The molecule has 11 heteroatoms. The van der Waals surface area contributed by atoms with Crippen molar-refractivity contribution in [3.05, 3.63) is 59.2 Å². The summed E-state index contributed by atoms with van der Waals surface area (Å²) in [4.78, 5) is 14.8. The van der Waals surface area contributed by atoms with Gasteiger partial charge in [0, 0.05) is 45.1 Å². The predicted molar refractivity (Wildman–Crippen MR) is 126 cm³/mol. The van der Waals surface area contributed by atoms with Crippen LogP contribution in [0.4, 0.5) is 0 Å². The van der Waals surface area contributed by atoms with E-state index in [0.29, 0.717) is 31.0 Å². The third kappa shape index (κ3) is 4.85. The van der Waals surface area contributed by atoms with Gasteiger partial charge in [-0.15, -0.1) is 0 Å². The Kier molecular flexibility index (Phi) is 6.76. The van der Waals surface area contributed by atoms with E-state index >= 15 is 0 Å².